The lowest BCUT2D eigenvalue weighted by Crippen LogP contribution is -2.58. The Bertz CT molecular complexity index is 1210. The Balaban J connectivity index is 1.54. The molecule has 0 aliphatic carbocycles. The summed E-state index contributed by atoms with van der Waals surface area (Å²) < 4.78 is 43.5. The molecule has 0 saturated carbocycles. The molecule has 3 atom stereocenters. The van der Waals surface area contributed by atoms with E-state index in [4.69, 9.17) is 0 Å². The van der Waals surface area contributed by atoms with Gasteiger partial charge in [0.2, 0.25) is 15.9 Å². The number of rotatable bonds is 5. The molecule has 2 aliphatic heterocycles. The number of benzene rings is 2. The molecule has 8 nitrogen and oxygen atoms in total. The number of aliphatic carboxylic acids is 1. The van der Waals surface area contributed by atoms with Crippen molar-refractivity contribution < 1.29 is 27.5 Å². The van der Waals surface area contributed by atoms with E-state index in [-0.39, 0.29) is 37.1 Å². The number of carbonyl (C=O) groups is 2. The van der Waals surface area contributed by atoms with Crippen LogP contribution in [0.5, 0.6) is 0 Å². The molecule has 0 bridgehead atoms. The van der Waals surface area contributed by atoms with Crippen molar-refractivity contribution >= 4 is 27.6 Å². The number of carboxylic acid groups (broad SMARTS) is 1. The largest absolute Gasteiger partial charge is 0.480 e. The van der Waals surface area contributed by atoms with E-state index in [0.717, 1.165) is 5.56 Å². The summed E-state index contributed by atoms with van der Waals surface area (Å²) in [4.78, 5) is 26.5. The van der Waals surface area contributed by atoms with Gasteiger partial charge in [-0.1, -0.05) is 36.4 Å². The van der Waals surface area contributed by atoms with Gasteiger partial charge in [-0.2, -0.15) is 4.31 Å². The Hall–Kier alpha value is -2.98. The summed E-state index contributed by atoms with van der Waals surface area (Å²) in [7, 11) is -3.69. The Labute approximate surface area is 205 Å². The van der Waals surface area contributed by atoms with Crippen molar-refractivity contribution in [2.24, 2.45) is 0 Å². The fourth-order valence-electron chi connectivity index (χ4n) is 4.99. The molecule has 4 rings (SSSR count). The number of amides is 1. The zero-order valence-electron chi connectivity index (χ0n) is 19.8. The van der Waals surface area contributed by atoms with E-state index in [1.807, 2.05) is 37.3 Å². The van der Waals surface area contributed by atoms with Gasteiger partial charge in [0.15, 0.2) is 0 Å². The number of halogens is 1. The van der Waals surface area contributed by atoms with Gasteiger partial charge >= 0.3 is 5.97 Å². The second-order valence-corrected chi connectivity index (χ2v) is 11.3. The zero-order chi connectivity index (χ0) is 25.3. The van der Waals surface area contributed by atoms with Gasteiger partial charge in [0.1, 0.15) is 17.1 Å². The van der Waals surface area contributed by atoms with Crippen LogP contribution in [-0.2, 0) is 26.2 Å². The van der Waals surface area contributed by atoms with Crippen molar-refractivity contribution in [2.75, 3.05) is 24.5 Å². The van der Waals surface area contributed by atoms with Gasteiger partial charge < -0.3 is 14.9 Å². The van der Waals surface area contributed by atoms with Crippen LogP contribution in [0.2, 0.25) is 0 Å². The third-order valence-corrected chi connectivity index (χ3v) is 9.36. The molecule has 0 radical (unpaired) electrons. The van der Waals surface area contributed by atoms with Crippen LogP contribution in [0.4, 0.5) is 10.1 Å². The molecular weight excluding hydrogens is 473 g/mol. The summed E-state index contributed by atoms with van der Waals surface area (Å²) in [5.74, 6) is -1.98. The monoisotopic (exact) mass is 503 g/mol. The van der Waals surface area contributed by atoms with Gasteiger partial charge in [-0.05, 0) is 37.5 Å². The number of hydrogen-bond donors (Lipinski definition) is 1. The minimum atomic E-state index is -3.69. The highest BCUT2D eigenvalue weighted by molar-refractivity contribution is 7.89. The predicted molar refractivity (Wildman–Crippen MR) is 130 cm³/mol. The first-order valence-electron chi connectivity index (χ1n) is 11.7. The molecule has 10 heteroatoms. The lowest BCUT2D eigenvalue weighted by atomic mass is 10.0. The summed E-state index contributed by atoms with van der Waals surface area (Å²) >= 11 is 0. The molecule has 1 unspecified atom stereocenters. The molecule has 2 saturated heterocycles. The molecule has 1 N–H and O–H groups in total. The molecule has 0 spiro atoms. The molecule has 2 aromatic carbocycles. The Morgan fingerprint density at radius 1 is 1.09 bits per heavy atom. The number of carboxylic acids is 1. The van der Waals surface area contributed by atoms with E-state index < -0.39 is 33.1 Å². The minimum Gasteiger partial charge on any atom is -0.480 e. The summed E-state index contributed by atoms with van der Waals surface area (Å²) in [6.45, 7) is 3.74. The van der Waals surface area contributed by atoms with Gasteiger partial charge in [0, 0.05) is 50.4 Å². The highest BCUT2D eigenvalue weighted by Crippen LogP contribution is 2.38. The Kier molecular flexibility index (Phi) is 7.14. The van der Waals surface area contributed by atoms with E-state index >= 15 is 4.39 Å². The summed E-state index contributed by atoms with van der Waals surface area (Å²) in [6, 6.07) is 12.4. The van der Waals surface area contributed by atoms with E-state index in [2.05, 4.69) is 0 Å². The van der Waals surface area contributed by atoms with Crippen LogP contribution in [0.25, 0.3) is 0 Å². The third kappa shape index (κ3) is 5.04. The molecule has 2 aromatic rings. The van der Waals surface area contributed by atoms with Gasteiger partial charge in [0.25, 0.3) is 0 Å². The fraction of sp³-hybridized carbons (Fsp3) is 0.440. The summed E-state index contributed by atoms with van der Waals surface area (Å²) in [5, 5.41) is 8.86. The van der Waals surface area contributed by atoms with E-state index in [1.54, 1.807) is 17.0 Å². The van der Waals surface area contributed by atoms with Gasteiger partial charge in [-0.15, -0.1) is 0 Å². The number of carbonyl (C=O) groups excluding carboxylic acids is 1. The summed E-state index contributed by atoms with van der Waals surface area (Å²) in [6.07, 6.45) is 1.19. The van der Waals surface area contributed by atoms with Gasteiger partial charge in [-0.3, -0.25) is 4.79 Å². The predicted octanol–water partition coefficient (Wildman–Crippen LogP) is 3.00. The van der Waals surface area contributed by atoms with Crippen LogP contribution < -0.4 is 4.90 Å². The van der Waals surface area contributed by atoms with Crippen molar-refractivity contribution in [1.29, 1.82) is 0 Å². The smallest absolute Gasteiger partial charge is 0.328 e. The average molecular weight is 504 g/mol. The Morgan fingerprint density at radius 3 is 2.43 bits per heavy atom. The summed E-state index contributed by atoms with van der Waals surface area (Å²) in [5.41, 5.74) is 1.49. The highest BCUT2D eigenvalue weighted by Gasteiger charge is 2.41. The fourth-order valence-corrected chi connectivity index (χ4v) is 7.17. The SMILES string of the molecule is CC(=O)N1CCN(c2ccc(CN3[C@@H](C)CCC(c4ccccc4)S3(=O)=O)c(F)c2)C[C@@H]1C(=O)O. The Morgan fingerprint density at radius 2 is 1.80 bits per heavy atom. The first-order valence-corrected chi connectivity index (χ1v) is 13.2. The van der Waals surface area contributed by atoms with Crippen LogP contribution in [0.1, 0.15) is 43.1 Å². The van der Waals surface area contributed by atoms with Crippen LogP contribution >= 0.6 is 0 Å². The van der Waals surface area contributed by atoms with E-state index in [0.29, 0.717) is 25.1 Å². The maximum atomic E-state index is 15.2. The standard InChI is InChI=1S/C25H30FN3O5S/c1-17-8-11-24(19-6-4-3-5-7-19)35(33,34)29(17)15-20-9-10-21(14-22(20)26)27-12-13-28(18(2)30)23(16-27)25(31)32/h3-7,9-10,14,17,23-24H,8,11-13,15-16H2,1-2H3,(H,31,32)/t17-,23+,24?/m0/s1. The molecule has 35 heavy (non-hydrogen) atoms. The second-order valence-electron chi connectivity index (χ2n) is 9.20. The van der Waals surface area contributed by atoms with Crippen molar-refractivity contribution in [1.82, 2.24) is 9.21 Å². The van der Waals surface area contributed by atoms with E-state index in [1.165, 1.54) is 22.2 Å². The zero-order valence-corrected chi connectivity index (χ0v) is 20.6. The highest BCUT2D eigenvalue weighted by atomic mass is 32.2. The van der Waals surface area contributed by atoms with Gasteiger partial charge in [0.05, 0.1) is 0 Å². The number of sulfonamides is 1. The van der Waals surface area contributed by atoms with Crippen molar-refractivity contribution in [3.05, 3.63) is 65.5 Å². The maximum Gasteiger partial charge on any atom is 0.328 e. The first-order chi connectivity index (χ1) is 16.6. The first kappa shape index (κ1) is 25.1. The van der Waals surface area contributed by atoms with Crippen molar-refractivity contribution in [3.63, 3.8) is 0 Å². The number of anilines is 1. The van der Waals surface area contributed by atoms with Crippen LogP contribution in [0.15, 0.2) is 48.5 Å². The molecule has 0 aromatic heterocycles. The number of nitrogens with zero attached hydrogens (tertiary/aromatic N) is 3. The minimum absolute atomic E-state index is 0.0456. The topological polar surface area (TPSA) is 98.2 Å². The van der Waals surface area contributed by atoms with Gasteiger partial charge in [-0.25, -0.2) is 17.6 Å². The molecule has 2 heterocycles. The number of hydrogen-bond acceptors (Lipinski definition) is 5. The molecule has 2 fully saturated rings. The van der Waals surface area contributed by atoms with E-state index in [9.17, 15) is 23.1 Å². The second kappa shape index (κ2) is 9.94. The number of piperazine rings is 1. The normalized spacial score (nSPS) is 24.8. The lowest BCUT2D eigenvalue weighted by molar-refractivity contribution is -0.149. The quantitative estimate of drug-likeness (QED) is 0.674. The van der Waals surface area contributed by atoms with Crippen molar-refractivity contribution in [3.8, 4) is 0 Å². The van der Waals surface area contributed by atoms with Crippen LogP contribution in [-0.4, -0.2) is 66.3 Å². The third-order valence-electron chi connectivity index (χ3n) is 6.99. The molecule has 188 valence electrons. The lowest BCUT2D eigenvalue weighted by Gasteiger charge is -2.40. The maximum absolute atomic E-state index is 15.2. The van der Waals surface area contributed by atoms with Crippen molar-refractivity contribution in [2.45, 2.75) is 50.6 Å². The molecule has 1 amide bonds. The molecule has 2 aliphatic rings. The average Bonchev–Trinajstić information content (AvgIpc) is 2.82. The molecular formula is C25H30FN3O5S. The van der Waals surface area contributed by atoms with Crippen LogP contribution in [0.3, 0.4) is 0 Å². The van der Waals surface area contributed by atoms with Crippen LogP contribution in [0, 0.1) is 5.82 Å².